The number of aliphatic hydroxyl groups excluding tert-OH is 1. The smallest absolute Gasteiger partial charge is 0.224 e. The van der Waals surface area contributed by atoms with Crippen molar-refractivity contribution in [1.82, 2.24) is 10.6 Å². The second-order valence-electron chi connectivity index (χ2n) is 4.60. The maximum absolute atomic E-state index is 11.9. The minimum atomic E-state index is 0.0373. The second-order valence-corrected chi connectivity index (χ2v) is 4.60. The topological polar surface area (TPSA) is 61.4 Å². The Morgan fingerprint density at radius 3 is 2.73 bits per heavy atom. The summed E-state index contributed by atoms with van der Waals surface area (Å²) in [6.45, 7) is 6.94. The fourth-order valence-electron chi connectivity index (χ4n) is 1.85. The first-order valence-corrected chi connectivity index (χ1v) is 5.71. The number of aliphatic hydroxyl groups is 1. The standard InChI is InChI=1S/C11H22N2O2/c1-7(6-14)8(2)13-11(15)10-4-5-12-9(10)3/h7-10,12,14H,4-6H2,1-3H3,(H,13,15). The Bertz CT molecular complexity index is 221. The number of amides is 1. The minimum Gasteiger partial charge on any atom is -0.396 e. The van der Waals surface area contributed by atoms with E-state index < -0.39 is 0 Å². The maximum Gasteiger partial charge on any atom is 0.224 e. The van der Waals surface area contributed by atoms with Crippen LogP contribution in [-0.2, 0) is 4.79 Å². The first kappa shape index (κ1) is 12.5. The van der Waals surface area contributed by atoms with Crippen molar-refractivity contribution in [2.24, 2.45) is 11.8 Å². The van der Waals surface area contributed by atoms with Crippen LogP contribution in [0.1, 0.15) is 27.2 Å². The third kappa shape index (κ3) is 3.18. The summed E-state index contributed by atoms with van der Waals surface area (Å²) in [5.74, 6) is 0.303. The van der Waals surface area contributed by atoms with Gasteiger partial charge in [-0.05, 0) is 32.7 Å². The average Bonchev–Trinajstić information content (AvgIpc) is 2.63. The number of carbonyl (C=O) groups excluding carboxylic acids is 1. The van der Waals surface area contributed by atoms with Crippen molar-refractivity contribution in [3.8, 4) is 0 Å². The van der Waals surface area contributed by atoms with Crippen molar-refractivity contribution < 1.29 is 9.90 Å². The summed E-state index contributed by atoms with van der Waals surface area (Å²) in [6, 6.07) is 0.303. The van der Waals surface area contributed by atoms with E-state index in [0.717, 1.165) is 13.0 Å². The summed E-state index contributed by atoms with van der Waals surface area (Å²) in [5.41, 5.74) is 0. The molecule has 4 unspecified atom stereocenters. The molecule has 15 heavy (non-hydrogen) atoms. The molecule has 0 spiro atoms. The van der Waals surface area contributed by atoms with Crippen LogP contribution in [0.3, 0.4) is 0 Å². The van der Waals surface area contributed by atoms with Gasteiger partial charge in [-0.2, -0.15) is 0 Å². The Hall–Kier alpha value is -0.610. The van der Waals surface area contributed by atoms with E-state index >= 15 is 0 Å². The van der Waals surface area contributed by atoms with Crippen LogP contribution in [0.5, 0.6) is 0 Å². The van der Waals surface area contributed by atoms with Crippen LogP contribution in [0.2, 0.25) is 0 Å². The van der Waals surface area contributed by atoms with Crippen LogP contribution >= 0.6 is 0 Å². The Kier molecular flexibility index (Phi) is 4.54. The Morgan fingerprint density at radius 2 is 2.27 bits per heavy atom. The summed E-state index contributed by atoms with van der Waals surface area (Å²) in [5, 5.41) is 15.2. The van der Waals surface area contributed by atoms with Gasteiger partial charge in [0.2, 0.25) is 5.91 Å². The molecule has 1 rings (SSSR count). The van der Waals surface area contributed by atoms with Crippen LogP contribution < -0.4 is 10.6 Å². The Balaban J connectivity index is 2.41. The van der Waals surface area contributed by atoms with Gasteiger partial charge in [-0.15, -0.1) is 0 Å². The zero-order valence-electron chi connectivity index (χ0n) is 9.79. The Labute approximate surface area is 91.4 Å². The van der Waals surface area contributed by atoms with Gasteiger partial charge in [0, 0.05) is 18.7 Å². The van der Waals surface area contributed by atoms with Crippen molar-refractivity contribution in [2.75, 3.05) is 13.2 Å². The average molecular weight is 214 g/mol. The van der Waals surface area contributed by atoms with Gasteiger partial charge in [0.15, 0.2) is 0 Å². The molecule has 1 aliphatic heterocycles. The molecule has 0 aromatic carbocycles. The molecule has 0 aliphatic carbocycles. The maximum atomic E-state index is 11.9. The summed E-state index contributed by atoms with van der Waals surface area (Å²) >= 11 is 0. The predicted molar refractivity (Wildman–Crippen MR) is 59.4 cm³/mol. The molecule has 1 heterocycles. The fourth-order valence-corrected chi connectivity index (χ4v) is 1.85. The van der Waals surface area contributed by atoms with Crippen LogP contribution in [0.4, 0.5) is 0 Å². The molecule has 4 atom stereocenters. The third-order valence-corrected chi connectivity index (χ3v) is 3.37. The van der Waals surface area contributed by atoms with Crippen LogP contribution in [-0.4, -0.2) is 36.2 Å². The SMILES string of the molecule is CC(CO)C(C)NC(=O)C1CCNC1C. The van der Waals surface area contributed by atoms with Gasteiger partial charge >= 0.3 is 0 Å². The molecule has 1 saturated heterocycles. The lowest BCUT2D eigenvalue weighted by Gasteiger charge is -2.22. The van der Waals surface area contributed by atoms with E-state index in [9.17, 15) is 4.79 Å². The van der Waals surface area contributed by atoms with E-state index in [-0.39, 0.29) is 36.4 Å². The number of carbonyl (C=O) groups is 1. The van der Waals surface area contributed by atoms with E-state index in [1.165, 1.54) is 0 Å². The van der Waals surface area contributed by atoms with E-state index in [4.69, 9.17) is 5.11 Å². The van der Waals surface area contributed by atoms with Crippen molar-refractivity contribution in [1.29, 1.82) is 0 Å². The highest BCUT2D eigenvalue weighted by Gasteiger charge is 2.30. The number of nitrogens with one attached hydrogen (secondary N) is 2. The van der Waals surface area contributed by atoms with Gasteiger partial charge < -0.3 is 15.7 Å². The number of rotatable bonds is 4. The van der Waals surface area contributed by atoms with E-state index in [2.05, 4.69) is 10.6 Å². The lowest BCUT2D eigenvalue weighted by molar-refractivity contribution is -0.126. The zero-order valence-corrected chi connectivity index (χ0v) is 9.79. The van der Waals surface area contributed by atoms with Crippen LogP contribution in [0.25, 0.3) is 0 Å². The van der Waals surface area contributed by atoms with Gasteiger partial charge in [-0.1, -0.05) is 6.92 Å². The molecule has 1 amide bonds. The minimum absolute atomic E-state index is 0.0373. The lowest BCUT2D eigenvalue weighted by Crippen LogP contribution is -2.44. The Morgan fingerprint density at radius 1 is 1.60 bits per heavy atom. The zero-order chi connectivity index (χ0) is 11.4. The van der Waals surface area contributed by atoms with Crippen molar-refractivity contribution in [2.45, 2.75) is 39.3 Å². The highest BCUT2D eigenvalue weighted by atomic mass is 16.3. The molecule has 0 aromatic heterocycles. The van der Waals surface area contributed by atoms with Crippen molar-refractivity contribution in [3.63, 3.8) is 0 Å². The highest BCUT2D eigenvalue weighted by Crippen LogP contribution is 2.15. The van der Waals surface area contributed by atoms with Crippen molar-refractivity contribution in [3.05, 3.63) is 0 Å². The van der Waals surface area contributed by atoms with E-state index in [1.807, 2.05) is 20.8 Å². The molecule has 0 bridgehead atoms. The molecule has 0 aromatic rings. The second kappa shape index (κ2) is 5.47. The first-order valence-electron chi connectivity index (χ1n) is 5.71. The highest BCUT2D eigenvalue weighted by molar-refractivity contribution is 5.80. The third-order valence-electron chi connectivity index (χ3n) is 3.37. The molecule has 3 N–H and O–H groups in total. The molecule has 4 heteroatoms. The molecule has 4 nitrogen and oxygen atoms in total. The van der Waals surface area contributed by atoms with E-state index in [0.29, 0.717) is 0 Å². The molecule has 88 valence electrons. The predicted octanol–water partition coefficient (Wildman–Crippen LogP) is 0.118. The van der Waals surface area contributed by atoms with Crippen molar-refractivity contribution >= 4 is 5.91 Å². The van der Waals surface area contributed by atoms with Gasteiger partial charge in [0.05, 0.1) is 5.92 Å². The summed E-state index contributed by atoms with van der Waals surface area (Å²) in [7, 11) is 0. The molecular formula is C11H22N2O2. The largest absolute Gasteiger partial charge is 0.396 e. The molecule has 0 saturated carbocycles. The van der Waals surface area contributed by atoms with Gasteiger partial charge in [-0.3, -0.25) is 4.79 Å². The van der Waals surface area contributed by atoms with Gasteiger partial charge in [0.25, 0.3) is 0 Å². The molecule has 0 radical (unpaired) electrons. The van der Waals surface area contributed by atoms with Gasteiger partial charge in [0.1, 0.15) is 0 Å². The summed E-state index contributed by atoms with van der Waals surface area (Å²) in [4.78, 5) is 11.9. The summed E-state index contributed by atoms with van der Waals surface area (Å²) in [6.07, 6.45) is 0.910. The van der Waals surface area contributed by atoms with Crippen LogP contribution in [0.15, 0.2) is 0 Å². The number of hydrogen-bond donors (Lipinski definition) is 3. The lowest BCUT2D eigenvalue weighted by atomic mass is 9.99. The van der Waals surface area contributed by atoms with E-state index in [1.54, 1.807) is 0 Å². The number of hydrogen-bond acceptors (Lipinski definition) is 3. The van der Waals surface area contributed by atoms with Gasteiger partial charge in [-0.25, -0.2) is 0 Å². The fraction of sp³-hybridized carbons (Fsp3) is 0.909. The first-order chi connectivity index (χ1) is 7.06. The summed E-state index contributed by atoms with van der Waals surface area (Å²) < 4.78 is 0. The molecular weight excluding hydrogens is 192 g/mol. The normalized spacial score (nSPS) is 29.9. The van der Waals surface area contributed by atoms with Crippen LogP contribution in [0, 0.1) is 11.8 Å². The monoisotopic (exact) mass is 214 g/mol. The molecule has 1 fully saturated rings. The molecule has 1 aliphatic rings. The quantitative estimate of drug-likeness (QED) is 0.623.